The molecule has 5 aromatic carbocycles. The zero-order valence-electron chi connectivity index (χ0n) is 63.6. The highest BCUT2D eigenvalue weighted by Crippen LogP contribution is 2.20. The molecular weight excluding hydrogens is 1330 g/mol. The zero-order chi connectivity index (χ0) is 77.8. The van der Waals surface area contributed by atoms with E-state index in [-0.39, 0.29) is 77.5 Å². The van der Waals surface area contributed by atoms with Crippen molar-refractivity contribution in [3.05, 3.63) is 149 Å². The van der Waals surface area contributed by atoms with Gasteiger partial charge in [-0.2, -0.15) is 0 Å². The molecule has 582 valence electrons. The van der Waals surface area contributed by atoms with Crippen LogP contribution >= 0.6 is 0 Å². The summed E-state index contributed by atoms with van der Waals surface area (Å²) in [7, 11) is 5.22. The Labute approximate surface area is 617 Å². The number of phenolic OH excluding ortho intramolecular Hbond substituents is 2. The smallest absolute Gasteiger partial charge is 0.321 e. The van der Waals surface area contributed by atoms with Gasteiger partial charge in [0, 0.05) is 39.5 Å². The van der Waals surface area contributed by atoms with Gasteiger partial charge in [0.2, 0.25) is 29.5 Å². The van der Waals surface area contributed by atoms with E-state index in [2.05, 4.69) is 70.2 Å². The molecule has 1 unspecified atom stereocenters. The summed E-state index contributed by atoms with van der Waals surface area (Å²) in [6.45, 7) is 20.6. The molecule has 0 bridgehead atoms. The van der Waals surface area contributed by atoms with Gasteiger partial charge in [0.25, 0.3) is 0 Å². The van der Waals surface area contributed by atoms with Crippen LogP contribution in [-0.4, -0.2) is 180 Å². The van der Waals surface area contributed by atoms with Crippen molar-refractivity contribution in [3.8, 4) is 28.7 Å². The number of aliphatic hydroxyl groups excluding tert-OH is 2. The van der Waals surface area contributed by atoms with Gasteiger partial charge in [-0.15, -0.1) is 0 Å². The summed E-state index contributed by atoms with van der Waals surface area (Å²) in [6.07, 6.45) is 9.97. The number of carboxylic acids is 1. The Morgan fingerprint density at radius 2 is 0.654 bits per heavy atom. The molecule has 0 aliphatic carbocycles. The molecule has 5 aromatic rings. The Bertz CT molecular complexity index is 3080. The van der Waals surface area contributed by atoms with Gasteiger partial charge < -0.3 is 98.2 Å². The molecule has 0 heterocycles. The van der Waals surface area contributed by atoms with Crippen molar-refractivity contribution in [3.63, 3.8) is 0 Å². The second-order valence-corrected chi connectivity index (χ2v) is 25.7. The lowest BCUT2D eigenvalue weighted by atomic mass is 10.0. The SMILES string of the molecule is CCCCCNC(=O)C(Cc1ccc(OC(C(O)O)C(O)O)cc1)NC(C)=O.CCCCCNC(=O)[C@@H](N)Cc1ccc(OC(C)C)cc1.CCCCCNC(=O)[C@H](Cc1ccc(O)cc1)NC.CCCCCNC(=O)[C@H](Cc1ccc(OC(C)C)cc1)NC.CN[C@@H](Cc1ccc(O)cc1)C(=O)O. The van der Waals surface area contributed by atoms with Crippen LogP contribution in [0.25, 0.3) is 0 Å². The first kappa shape index (κ1) is 93.6. The molecule has 0 aromatic heterocycles. The van der Waals surface area contributed by atoms with Crippen molar-refractivity contribution in [2.75, 3.05) is 47.3 Å². The Morgan fingerprint density at radius 1 is 0.385 bits per heavy atom. The van der Waals surface area contributed by atoms with Crippen molar-refractivity contribution in [2.24, 2.45) is 5.73 Å². The number of aliphatic hydroxyl groups is 4. The molecule has 25 heteroatoms. The third-order valence-electron chi connectivity index (χ3n) is 15.8. The summed E-state index contributed by atoms with van der Waals surface area (Å²) in [5, 5.41) is 86.5. The van der Waals surface area contributed by atoms with Gasteiger partial charge in [0.15, 0.2) is 18.7 Å². The van der Waals surface area contributed by atoms with Crippen molar-refractivity contribution in [2.45, 2.75) is 233 Å². The number of carbonyl (C=O) groups excluding carboxylic acids is 5. The second kappa shape index (κ2) is 56.1. The summed E-state index contributed by atoms with van der Waals surface area (Å²) in [5.74, 6) is 0.898. The fourth-order valence-electron chi connectivity index (χ4n) is 9.91. The van der Waals surface area contributed by atoms with Crippen LogP contribution in [0, 0.1) is 0 Å². The predicted molar refractivity (Wildman–Crippen MR) is 408 cm³/mol. The number of hydrogen-bond acceptors (Lipinski definition) is 19. The first-order chi connectivity index (χ1) is 49.6. The van der Waals surface area contributed by atoms with E-state index in [0.29, 0.717) is 38.8 Å². The summed E-state index contributed by atoms with van der Waals surface area (Å²) in [6, 6.07) is 33.2. The van der Waals surface area contributed by atoms with Crippen LogP contribution < -0.4 is 62.5 Å². The van der Waals surface area contributed by atoms with Gasteiger partial charge in [-0.05, 0) is 189 Å². The van der Waals surface area contributed by atoms with Crippen LogP contribution in [0.5, 0.6) is 28.7 Å². The van der Waals surface area contributed by atoms with Gasteiger partial charge in [-0.3, -0.25) is 28.8 Å². The molecule has 0 aliphatic heterocycles. The van der Waals surface area contributed by atoms with Crippen LogP contribution in [0.3, 0.4) is 0 Å². The summed E-state index contributed by atoms with van der Waals surface area (Å²) in [4.78, 5) is 70.5. The minimum absolute atomic E-state index is 0.0340. The van der Waals surface area contributed by atoms with Crippen LogP contribution in [0.2, 0.25) is 0 Å². The number of nitrogens with two attached hydrogens (primary N) is 1. The number of aliphatic carboxylic acids is 1. The molecular formula is C79H125N9O16. The summed E-state index contributed by atoms with van der Waals surface area (Å²) in [5.41, 5.74) is 10.8. The maximum absolute atomic E-state index is 12.3. The quantitative estimate of drug-likeness (QED) is 0.0133. The summed E-state index contributed by atoms with van der Waals surface area (Å²) < 4.78 is 16.4. The average molecular weight is 1460 g/mol. The Kier molecular flexibility index (Phi) is 50.5. The molecule has 5 rings (SSSR count). The molecule has 104 heavy (non-hydrogen) atoms. The van der Waals surface area contributed by atoms with Gasteiger partial charge in [0.1, 0.15) is 40.8 Å². The molecule has 0 aliphatic rings. The van der Waals surface area contributed by atoms with E-state index in [4.69, 9.17) is 50.6 Å². The van der Waals surface area contributed by atoms with Gasteiger partial charge >= 0.3 is 5.97 Å². The number of carboxylic acid groups (broad SMARTS) is 1. The van der Waals surface area contributed by atoms with Crippen LogP contribution in [0.4, 0.5) is 0 Å². The minimum atomic E-state index is -2.07. The highest BCUT2D eigenvalue weighted by molar-refractivity contribution is 5.87. The molecule has 5 atom stereocenters. The third-order valence-corrected chi connectivity index (χ3v) is 15.8. The Hall–Kier alpha value is -8.40. The maximum Gasteiger partial charge on any atom is 0.321 e. The van der Waals surface area contributed by atoms with E-state index < -0.39 is 42.8 Å². The lowest BCUT2D eigenvalue weighted by molar-refractivity contribution is -0.201. The number of likely N-dealkylation sites (N-methyl/N-ethyl adjacent to an activating group) is 3. The molecule has 5 amide bonds. The number of carbonyl (C=O) groups is 6. The van der Waals surface area contributed by atoms with E-state index in [1.54, 1.807) is 62.6 Å². The number of ether oxygens (including phenoxy) is 3. The molecule has 0 fully saturated rings. The fraction of sp³-hybridized carbons (Fsp3) is 0.544. The Balaban J connectivity index is 0.000000660. The number of unbranched alkanes of at least 4 members (excludes halogenated alkanes) is 8. The molecule has 25 nitrogen and oxygen atoms in total. The van der Waals surface area contributed by atoms with Crippen molar-refractivity contribution >= 4 is 35.5 Å². The first-order valence-corrected chi connectivity index (χ1v) is 36.6. The number of nitrogens with one attached hydrogen (secondary N) is 8. The van der Waals surface area contributed by atoms with E-state index in [9.17, 15) is 33.9 Å². The highest BCUT2D eigenvalue weighted by atomic mass is 16.6. The first-order valence-electron chi connectivity index (χ1n) is 36.6. The molecule has 0 radical (unpaired) electrons. The lowest BCUT2D eigenvalue weighted by Gasteiger charge is -2.22. The highest BCUT2D eigenvalue weighted by Gasteiger charge is 2.27. The fourth-order valence-corrected chi connectivity index (χ4v) is 9.91. The molecule has 0 saturated heterocycles. The van der Waals surface area contributed by atoms with Gasteiger partial charge in [-0.25, -0.2) is 0 Å². The third kappa shape index (κ3) is 43.6. The number of aromatic hydroxyl groups is 2. The Morgan fingerprint density at radius 3 is 0.933 bits per heavy atom. The zero-order valence-corrected chi connectivity index (χ0v) is 63.6. The number of hydrogen-bond donors (Lipinski definition) is 16. The minimum Gasteiger partial charge on any atom is -0.508 e. The standard InChI is InChI=1S/C19H30N2O7.C18H30N2O2.C17H28N2O2.C15H24N2O2.C10H13NO3/c1-3-4-5-10-20-17(23)15(21-12(2)22)11-13-6-8-14(9-7-13)28-16(18(24)25)19(26)27;1-5-6-7-12-20-18(21)17(19-4)13-15-8-10-16(11-9-15)22-14(2)3;1-4-5-6-11-19-17(20)16(18)12-14-7-9-15(10-8-14)21-13(2)3;1-3-4-5-10-17-15(19)14(16-2)11-12-6-8-13(18)9-7-12;1-11-9(10(13)14)6-7-2-4-8(12)5-3-7/h6-9,15-16,18-19,24-27H,3-5,10-11H2,1-2H3,(H,20,23)(H,21,22);8-11,14,17,19H,5-7,12-13H2,1-4H3,(H,20,21);7-10,13,16H,4-6,11-12,18H2,1-3H3,(H,19,20);6-9,14,16,18H,3-5,10-11H2,1-2H3,(H,17,19);2-5,9,11-12H,6H2,1H3,(H,13,14)/t;17-;16-;14-;9-/m.0000/s1. The van der Waals surface area contributed by atoms with E-state index in [0.717, 1.165) is 129 Å². The average Bonchev–Trinajstić information content (AvgIpc) is 0.873. The molecule has 0 saturated carbocycles. The van der Waals surface area contributed by atoms with Crippen molar-refractivity contribution < 1.29 is 78.7 Å². The largest absolute Gasteiger partial charge is 0.508 e. The summed E-state index contributed by atoms with van der Waals surface area (Å²) >= 11 is 0. The van der Waals surface area contributed by atoms with Crippen LogP contribution in [0.1, 0.15) is 167 Å². The number of phenols is 2. The normalized spacial score (nSPS) is 12.2. The topological polar surface area (TPSA) is 394 Å². The maximum atomic E-state index is 12.3. The number of rotatable bonds is 43. The van der Waals surface area contributed by atoms with Crippen molar-refractivity contribution in [1.29, 1.82) is 0 Å². The van der Waals surface area contributed by atoms with Crippen LogP contribution in [0.15, 0.2) is 121 Å². The van der Waals surface area contributed by atoms with Crippen LogP contribution in [-0.2, 0) is 60.9 Å². The lowest BCUT2D eigenvalue weighted by Crippen LogP contribution is -2.47. The van der Waals surface area contributed by atoms with Crippen molar-refractivity contribution in [1.82, 2.24) is 42.5 Å². The van der Waals surface area contributed by atoms with E-state index in [1.807, 2.05) is 95.4 Å². The van der Waals surface area contributed by atoms with Gasteiger partial charge in [-0.1, -0.05) is 140 Å². The van der Waals surface area contributed by atoms with E-state index >= 15 is 0 Å². The van der Waals surface area contributed by atoms with E-state index in [1.165, 1.54) is 19.1 Å². The van der Waals surface area contributed by atoms with Gasteiger partial charge in [0.05, 0.1) is 30.3 Å². The number of amides is 5. The molecule has 0 spiro atoms. The molecule has 17 N–H and O–H groups in total. The predicted octanol–water partition coefficient (Wildman–Crippen LogP) is 7.41. The number of benzene rings is 5. The second-order valence-electron chi connectivity index (χ2n) is 25.7. The monoisotopic (exact) mass is 1460 g/mol.